The van der Waals surface area contributed by atoms with Crippen LogP contribution in [0.5, 0.6) is 0 Å². The van der Waals surface area contributed by atoms with Crippen LogP contribution in [-0.4, -0.2) is 10.8 Å². The Labute approximate surface area is 129 Å². The Kier molecular flexibility index (Phi) is 2.73. The molecular weight excluding hydrogens is 270 g/mol. The molecule has 1 aromatic heterocycles. The van der Waals surface area contributed by atoms with Crippen LogP contribution in [0.15, 0.2) is 54.6 Å². The number of aromatic nitrogens is 1. The molecule has 2 nitrogen and oxygen atoms in total. The number of benzene rings is 2. The maximum atomic E-state index is 12.7. The van der Waals surface area contributed by atoms with Gasteiger partial charge in [-0.2, -0.15) is 0 Å². The summed E-state index contributed by atoms with van der Waals surface area (Å²) in [5, 5.41) is 0. The number of hydrogen-bond acceptors (Lipinski definition) is 2. The molecule has 0 bridgehead atoms. The minimum atomic E-state index is 0.0957. The van der Waals surface area contributed by atoms with Crippen LogP contribution in [0.3, 0.4) is 0 Å². The van der Waals surface area contributed by atoms with E-state index >= 15 is 0 Å². The zero-order valence-corrected chi connectivity index (χ0v) is 12.6. The van der Waals surface area contributed by atoms with Crippen molar-refractivity contribution in [1.29, 1.82) is 0 Å². The number of hydrogen-bond donors (Lipinski definition) is 0. The molecule has 2 heteroatoms. The van der Waals surface area contributed by atoms with Crippen LogP contribution in [0, 0.1) is 13.8 Å². The second-order valence-electron chi connectivity index (χ2n) is 5.67. The average molecular weight is 285 g/mol. The number of carbonyl (C=O) groups is 1. The minimum absolute atomic E-state index is 0.0957. The van der Waals surface area contributed by atoms with Crippen molar-refractivity contribution in [3.05, 3.63) is 76.9 Å². The van der Waals surface area contributed by atoms with E-state index in [1.54, 1.807) is 0 Å². The summed E-state index contributed by atoms with van der Waals surface area (Å²) in [6, 6.07) is 17.9. The standard InChI is InChI=1S/C20H15NO/c1-12-13(2)18(14-8-4-3-5-9-14)21-19-15-10-6-7-11-16(15)20(22)17(12)19/h3-11H,1-2H3. The normalized spacial score (nSPS) is 12.2. The SMILES string of the molecule is Cc1c(-c2ccccc2)nc2c(c1C)C(=O)c1ccccc1-2. The van der Waals surface area contributed by atoms with Crippen LogP contribution in [0.4, 0.5) is 0 Å². The Hall–Kier alpha value is -2.74. The van der Waals surface area contributed by atoms with Gasteiger partial charge in [0.2, 0.25) is 0 Å². The van der Waals surface area contributed by atoms with Crippen molar-refractivity contribution >= 4 is 5.78 Å². The Morgan fingerprint density at radius 3 is 2.09 bits per heavy atom. The summed E-state index contributed by atoms with van der Waals surface area (Å²) >= 11 is 0. The van der Waals surface area contributed by atoms with Gasteiger partial charge in [0.25, 0.3) is 0 Å². The van der Waals surface area contributed by atoms with E-state index in [-0.39, 0.29) is 5.78 Å². The van der Waals surface area contributed by atoms with Gasteiger partial charge in [-0.25, -0.2) is 4.98 Å². The molecule has 22 heavy (non-hydrogen) atoms. The fraction of sp³-hybridized carbons (Fsp3) is 0.100. The summed E-state index contributed by atoms with van der Waals surface area (Å²) in [6.07, 6.45) is 0. The third-order valence-electron chi connectivity index (χ3n) is 4.45. The number of carbonyl (C=O) groups excluding carboxylic acids is 1. The predicted molar refractivity (Wildman–Crippen MR) is 88.0 cm³/mol. The third-order valence-corrected chi connectivity index (χ3v) is 4.45. The van der Waals surface area contributed by atoms with Gasteiger partial charge >= 0.3 is 0 Å². The number of ketones is 1. The first kappa shape index (κ1) is 13.0. The third kappa shape index (κ3) is 1.67. The molecule has 106 valence electrons. The first-order chi connectivity index (χ1) is 10.7. The monoisotopic (exact) mass is 285 g/mol. The summed E-state index contributed by atoms with van der Waals surface area (Å²) in [5.74, 6) is 0.0957. The molecular formula is C20H15NO. The molecule has 0 unspecified atom stereocenters. The lowest BCUT2D eigenvalue weighted by Gasteiger charge is -2.12. The van der Waals surface area contributed by atoms with Crippen molar-refractivity contribution in [2.45, 2.75) is 13.8 Å². The number of nitrogens with zero attached hydrogens (tertiary/aromatic N) is 1. The van der Waals surface area contributed by atoms with Crippen molar-refractivity contribution in [3.8, 4) is 22.5 Å². The topological polar surface area (TPSA) is 30.0 Å². The van der Waals surface area contributed by atoms with E-state index in [1.165, 1.54) is 0 Å². The Morgan fingerprint density at radius 2 is 1.36 bits per heavy atom. The fourth-order valence-corrected chi connectivity index (χ4v) is 3.17. The molecule has 0 saturated heterocycles. The summed E-state index contributed by atoms with van der Waals surface area (Å²) < 4.78 is 0. The van der Waals surface area contributed by atoms with Crippen molar-refractivity contribution in [2.24, 2.45) is 0 Å². The van der Waals surface area contributed by atoms with E-state index in [9.17, 15) is 4.79 Å². The average Bonchev–Trinajstić information content (AvgIpc) is 2.85. The smallest absolute Gasteiger partial charge is 0.196 e. The van der Waals surface area contributed by atoms with Gasteiger partial charge in [-0.15, -0.1) is 0 Å². The number of fused-ring (bicyclic) bond motifs is 3. The molecule has 0 N–H and O–H groups in total. The maximum Gasteiger partial charge on any atom is 0.196 e. The Bertz CT molecular complexity index is 910. The molecule has 0 atom stereocenters. The van der Waals surface area contributed by atoms with Crippen molar-refractivity contribution in [1.82, 2.24) is 4.98 Å². The van der Waals surface area contributed by atoms with E-state index in [4.69, 9.17) is 4.98 Å². The quantitative estimate of drug-likeness (QED) is 0.512. The lowest BCUT2D eigenvalue weighted by Crippen LogP contribution is -2.03. The molecule has 0 radical (unpaired) electrons. The largest absolute Gasteiger partial charge is 0.288 e. The fourth-order valence-electron chi connectivity index (χ4n) is 3.17. The second-order valence-corrected chi connectivity index (χ2v) is 5.67. The van der Waals surface area contributed by atoms with Gasteiger partial charge in [-0.3, -0.25) is 4.79 Å². The van der Waals surface area contributed by atoms with Crippen LogP contribution < -0.4 is 0 Å². The Morgan fingerprint density at radius 1 is 0.727 bits per heavy atom. The first-order valence-electron chi connectivity index (χ1n) is 7.39. The highest BCUT2D eigenvalue weighted by Crippen LogP contribution is 2.40. The predicted octanol–water partition coefficient (Wildman–Crippen LogP) is 4.58. The van der Waals surface area contributed by atoms with Gasteiger partial charge in [0.1, 0.15) is 0 Å². The summed E-state index contributed by atoms with van der Waals surface area (Å²) in [7, 11) is 0. The molecule has 0 aliphatic heterocycles. The summed E-state index contributed by atoms with van der Waals surface area (Å²) in [5.41, 5.74) is 7.45. The zero-order valence-electron chi connectivity index (χ0n) is 12.6. The molecule has 1 heterocycles. The van der Waals surface area contributed by atoms with E-state index in [0.29, 0.717) is 0 Å². The van der Waals surface area contributed by atoms with Crippen LogP contribution >= 0.6 is 0 Å². The van der Waals surface area contributed by atoms with Gasteiger partial charge in [-0.1, -0.05) is 54.6 Å². The maximum absolute atomic E-state index is 12.7. The van der Waals surface area contributed by atoms with Crippen LogP contribution in [0.2, 0.25) is 0 Å². The molecule has 2 aromatic carbocycles. The van der Waals surface area contributed by atoms with Gasteiger partial charge in [0.05, 0.1) is 17.0 Å². The molecule has 0 fully saturated rings. The molecule has 1 aliphatic rings. The molecule has 1 aliphatic carbocycles. The molecule has 0 spiro atoms. The lowest BCUT2D eigenvalue weighted by atomic mass is 9.97. The first-order valence-corrected chi connectivity index (χ1v) is 7.39. The minimum Gasteiger partial charge on any atom is -0.288 e. The van der Waals surface area contributed by atoms with Gasteiger partial charge in [0, 0.05) is 16.7 Å². The molecule has 4 rings (SSSR count). The zero-order chi connectivity index (χ0) is 15.3. The summed E-state index contributed by atoms with van der Waals surface area (Å²) in [6.45, 7) is 4.06. The van der Waals surface area contributed by atoms with Crippen LogP contribution in [-0.2, 0) is 0 Å². The highest BCUT2D eigenvalue weighted by atomic mass is 16.1. The van der Waals surface area contributed by atoms with Gasteiger partial charge in [0.15, 0.2) is 5.78 Å². The van der Waals surface area contributed by atoms with E-state index in [1.807, 2.05) is 56.3 Å². The molecule has 0 amide bonds. The lowest BCUT2D eigenvalue weighted by molar-refractivity contribution is 0.104. The van der Waals surface area contributed by atoms with E-state index in [2.05, 4.69) is 12.1 Å². The highest BCUT2D eigenvalue weighted by Gasteiger charge is 2.31. The Balaban J connectivity index is 2.06. The van der Waals surface area contributed by atoms with Gasteiger partial charge in [-0.05, 0) is 25.0 Å². The second kappa shape index (κ2) is 4.63. The number of rotatable bonds is 1. The van der Waals surface area contributed by atoms with E-state index < -0.39 is 0 Å². The van der Waals surface area contributed by atoms with Crippen molar-refractivity contribution in [3.63, 3.8) is 0 Å². The van der Waals surface area contributed by atoms with Gasteiger partial charge < -0.3 is 0 Å². The highest BCUT2D eigenvalue weighted by molar-refractivity contribution is 6.22. The van der Waals surface area contributed by atoms with Crippen LogP contribution in [0.1, 0.15) is 27.0 Å². The van der Waals surface area contributed by atoms with E-state index in [0.717, 1.165) is 44.8 Å². The molecule has 0 saturated carbocycles. The number of pyridine rings is 1. The molecule has 3 aromatic rings. The van der Waals surface area contributed by atoms with Crippen LogP contribution in [0.25, 0.3) is 22.5 Å². The van der Waals surface area contributed by atoms with Crippen molar-refractivity contribution in [2.75, 3.05) is 0 Å². The summed E-state index contributed by atoms with van der Waals surface area (Å²) in [4.78, 5) is 17.5. The van der Waals surface area contributed by atoms with Crippen molar-refractivity contribution < 1.29 is 4.79 Å².